The van der Waals surface area contributed by atoms with Crippen LogP contribution in [0.15, 0.2) is 66.1 Å². The Morgan fingerprint density at radius 2 is 1.89 bits per heavy atom. The minimum absolute atomic E-state index is 0.0153. The maximum atomic E-state index is 12.5. The van der Waals surface area contributed by atoms with Gasteiger partial charge in [0.1, 0.15) is 0 Å². The first-order valence-electron chi connectivity index (χ1n) is 8.84. The Morgan fingerprint density at radius 3 is 2.54 bits per heavy atom. The smallest absolute Gasteiger partial charge is 0.233 e. The minimum atomic E-state index is -0.233. The topological polar surface area (TPSA) is 65.4 Å². The van der Waals surface area contributed by atoms with Crippen molar-refractivity contribution in [3.05, 3.63) is 66.7 Å². The van der Waals surface area contributed by atoms with E-state index in [1.54, 1.807) is 26.7 Å². The van der Waals surface area contributed by atoms with E-state index in [0.29, 0.717) is 18.0 Å². The molecule has 1 amide bonds. The molecule has 1 heterocycles. The summed E-state index contributed by atoms with van der Waals surface area (Å²) in [6.07, 6.45) is 5.39. The summed E-state index contributed by atoms with van der Waals surface area (Å²) in [6, 6.07) is 13.7. The number of hydrogen-bond donors (Lipinski definition) is 1. The molecule has 0 bridgehead atoms. The fourth-order valence-electron chi connectivity index (χ4n) is 2.68. The number of benzene rings is 2. The number of carbonyl (C=O) groups is 1. The van der Waals surface area contributed by atoms with Gasteiger partial charge in [0.15, 0.2) is 11.5 Å². The van der Waals surface area contributed by atoms with Crippen LogP contribution in [0.1, 0.15) is 12.5 Å². The molecule has 0 aliphatic heterocycles. The van der Waals surface area contributed by atoms with Crippen LogP contribution in [0.25, 0.3) is 5.69 Å². The van der Waals surface area contributed by atoms with Crippen molar-refractivity contribution in [2.75, 3.05) is 14.2 Å². The molecule has 0 fully saturated rings. The van der Waals surface area contributed by atoms with E-state index in [9.17, 15) is 4.79 Å². The maximum absolute atomic E-state index is 12.5. The normalized spacial score (nSPS) is 11.7. The molecule has 3 aromatic rings. The third-order valence-corrected chi connectivity index (χ3v) is 5.34. The van der Waals surface area contributed by atoms with E-state index in [0.717, 1.165) is 16.1 Å². The van der Waals surface area contributed by atoms with Gasteiger partial charge in [-0.2, -0.15) is 0 Å². The lowest BCUT2D eigenvalue weighted by molar-refractivity contribution is -0.120. The molecule has 0 saturated carbocycles. The fourth-order valence-corrected chi connectivity index (χ4v) is 3.60. The molecule has 28 heavy (non-hydrogen) atoms. The first-order chi connectivity index (χ1) is 13.6. The number of aromatic nitrogens is 2. The average molecular weight is 398 g/mol. The van der Waals surface area contributed by atoms with E-state index in [4.69, 9.17) is 9.47 Å². The van der Waals surface area contributed by atoms with Gasteiger partial charge in [0.05, 0.1) is 25.8 Å². The van der Waals surface area contributed by atoms with Crippen molar-refractivity contribution in [1.82, 2.24) is 14.9 Å². The molecule has 146 valence electrons. The second kappa shape index (κ2) is 9.32. The third-order valence-electron chi connectivity index (χ3n) is 4.24. The number of methoxy groups -OCH3 is 2. The summed E-state index contributed by atoms with van der Waals surface area (Å²) in [5, 5.41) is 2.76. The lowest BCUT2D eigenvalue weighted by Gasteiger charge is -2.14. The minimum Gasteiger partial charge on any atom is -0.493 e. The van der Waals surface area contributed by atoms with Crippen molar-refractivity contribution in [2.24, 2.45) is 0 Å². The summed E-state index contributed by atoms with van der Waals surface area (Å²) in [4.78, 5) is 17.4. The molecule has 0 unspecified atom stereocenters. The highest BCUT2D eigenvalue weighted by Gasteiger charge is 2.15. The van der Waals surface area contributed by atoms with Gasteiger partial charge < -0.3 is 19.4 Å². The van der Waals surface area contributed by atoms with Crippen molar-refractivity contribution >= 4 is 17.7 Å². The van der Waals surface area contributed by atoms with Crippen LogP contribution in [0.3, 0.4) is 0 Å². The predicted octanol–water partition coefficient (Wildman–Crippen LogP) is 3.69. The van der Waals surface area contributed by atoms with Crippen molar-refractivity contribution in [3.8, 4) is 17.2 Å². The number of amides is 1. The standard InChI is InChI=1S/C21H23N3O3S/c1-15(28-18-8-9-19(26-2)20(12-18)27-3)21(25)23-13-16-4-6-17(7-5-16)24-11-10-22-14-24/h4-12,14-15H,13H2,1-3H3,(H,23,25)/t15-/m0/s1. The first kappa shape index (κ1) is 19.8. The Balaban J connectivity index is 1.54. The molecule has 1 N–H and O–H groups in total. The van der Waals surface area contributed by atoms with Gasteiger partial charge in [-0.3, -0.25) is 4.79 Å². The van der Waals surface area contributed by atoms with Crippen LogP contribution in [0.4, 0.5) is 0 Å². The number of rotatable bonds is 8. The Bertz CT molecular complexity index is 911. The summed E-state index contributed by atoms with van der Waals surface area (Å²) >= 11 is 1.48. The molecular weight excluding hydrogens is 374 g/mol. The second-order valence-electron chi connectivity index (χ2n) is 6.13. The molecule has 2 aromatic carbocycles. The van der Waals surface area contributed by atoms with Gasteiger partial charge in [-0.15, -0.1) is 11.8 Å². The van der Waals surface area contributed by atoms with E-state index >= 15 is 0 Å². The van der Waals surface area contributed by atoms with Gasteiger partial charge in [-0.25, -0.2) is 4.98 Å². The number of ether oxygens (including phenoxy) is 2. The Morgan fingerprint density at radius 1 is 1.14 bits per heavy atom. The fraction of sp³-hybridized carbons (Fsp3) is 0.238. The highest BCUT2D eigenvalue weighted by molar-refractivity contribution is 8.00. The summed E-state index contributed by atoms with van der Waals surface area (Å²) in [5.74, 6) is 1.31. The summed E-state index contributed by atoms with van der Waals surface area (Å²) in [6.45, 7) is 2.37. The van der Waals surface area contributed by atoms with Crippen LogP contribution in [0.5, 0.6) is 11.5 Å². The van der Waals surface area contributed by atoms with Crippen LogP contribution in [-0.2, 0) is 11.3 Å². The molecule has 0 aliphatic rings. The zero-order valence-corrected chi connectivity index (χ0v) is 16.9. The lowest BCUT2D eigenvalue weighted by Crippen LogP contribution is -2.30. The van der Waals surface area contributed by atoms with Gasteiger partial charge in [0.2, 0.25) is 5.91 Å². The zero-order valence-electron chi connectivity index (χ0n) is 16.1. The number of thioether (sulfide) groups is 1. The molecule has 7 heteroatoms. The van der Waals surface area contributed by atoms with Gasteiger partial charge in [0.25, 0.3) is 0 Å². The van der Waals surface area contributed by atoms with Gasteiger partial charge in [0, 0.05) is 29.5 Å². The summed E-state index contributed by atoms with van der Waals surface area (Å²) in [7, 11) is 3.20. The SMILES string of the molecule is COc1ccc(S[C@@H](C)C(=O)NCc2ccc(-n3ccnc3)cc2)cc1OC. The molecule has 0 aliphatic carbocycles. The molecule has 1 aromatic heterocycles. The van der Waals surface area contributed by atoms with E-state index in [1.165, 1.54) is 11.8 Å². The maximum Gasteiger partial charge on any atom is 0.233 e. The van der Waals surface area contributed by atoms with E-state index < -0.39 is 0 Å². The largest absolute Gasteiger partial charge is 0.493 e. The zero-order chi connectivity index (χ0) is 19.9. The van der Waals surface area contributed by atoms with Crippen molar-refractivity contribution in [3.63, 3.8) is 0 Å². The Kier molecular flexibility index (Phi) is 6.60. The van der Waals surface area contributed by atoms with Crippen molar-refractivity contribution in [2.45, 2.75) is 23.6 Å². The molecule has 6 nitrogen and oxygen atoms in total. The molecule has 0 radical (unpaired) electrons. The van der Waals surface area contributed by atoms with Crippen LogP contribution in [-0.4, -0.2) is 34.9 Å². The lowest BCUT2D eigenvalue weighted by atomic mass is 10.2. The monoisotopic (exact) mass is 397 g/mol. The molecule has 0 spiro atoms. The third kappa shape index (κ3) is 4.86. The van der Waals surface area contributed by atoms with Gasteiger partial charge >= 0.3 is 0 Å². The molecular formula is C21H23N3O3S. The van der Waals surface area contributed by atoms with Crippen molar-refractivity contribution in [1.29, 1.82) is 0 Å². The van der Waals surface area contributed by atoms with E-state index in [2.05, 4.69) is 10.3 Å². The average Bonchev–Trinajstić information content (AvgIpc) is 3.27. The van der Waals surface area contributed by atoms with Crippen LogP contribution >= 0.6 is 11.8 Å². The number of nitrogens with zero attached hydrogens (tertiary/aromatic N) is 2. The highest BCUT2D eigenvalue weighted by Crippen LogP contribution is 2.33. The summed E-state index contributed by atoms with van der Waals surface area (Å²) < 4.78 is 12.5. The Labute approximate surface area is 168 Å². The quantitative estimate of drug-likeness (QED) is 0.588. The van der Waals surface area contributed by atoms with E-state index in [-0.39, 0.29) is 11.2 Å². The number of imidazole rings is 1. The Hall–Kier alpha value is -2.93. The van der Waals surface area contributed by atoms with Crippen LogP contribution in [0.2, 0.25) is 0 Å². The van der Waals surface area contributed by atoms with Crippen LogP contribution < -0.4 is 14.8 Å². The first-order valence-corrected chi connectivity index (χ1v) is 9.72. The number of carbonyl (C=O) groups excluding carboxylic acids is 1. The van der Waals surface area contributed by atoms with Gasteiger partial charge in [-0.05, 0) is 42.8 Å². The highest BCUT2D eigenvalue weighted by atomic mass is 32.2. The molecule has 0 saturated heterocycles. The number of nitrogens with one attached hydrogen (secondary N) is 1. The molecule has 3 rings (SSSR count). The van der Waals surface area contributed by atoms with E-state index in [1.807, 2.05) is 60.2 Å². The van der Waals surface area contributed by atoms with Crippen LogP contribution in [0, 0.1) is 0 Å². The number of hydrogen-bond acceptors (Lipinski definition) is 5. The van der Waals surface area contributed by atoms with Crippen molar-refractivity contribution < 1.29 is 14.3 Å². The predicted molar refractivity (Wildman–Crippen MR) is 110 cm³/mol. The van der Waals surface area contributed by atoms with Gasteiger partial charge in [-0.1, -0.05) is 12.1 Å². The molecule has 1 atom stereocenters. The summed E-state index contributed by atoms with van der Waals surface area (Å²) in [5.41, 5.74) is 2.07. The second-order valence-corrected chi connectivity index (χ2v) is 7.55.